The van der Waals surface area contributed by atoms with Gasteiger partial charge in [0.05, 0.1) is 7.11 Å². The van der Waals surface area contributed by atoms with Gasteiger partial charge < -0.3 is 4.74 Å². The number of carbonyl (C=O) groups excluding carboxylic acids is 2. The Morgan fingerprint density at radius 2 is 1.71 bits per heavy atom. The van der Waals surface area contributed by atoms with E-state index >= 15 is 0 Å². The maximum Gasteiger partial charge on any atom is 0.169 e. The zero-order chi connectivity index (χ0) is 16.7. The van der Waals surface area contributed by atoms with Crippen LogP contribution in [0.4, 0.5) is 0 Å². The Bertz CT molecular complexity index is 825. The number of methoxy groups -OCH3 is 1. The van der Waals surface area contributed by atoms with E-state index in [0.717, 1.165) is 34.4 Å². The van der Waals surface area contributed by atoms with Gasteiger partial charge in [0, 0.05) is 23.8 Å². The van der Waals surface area contributed by atoms with Gasteiger partial charge in [-0.05, 0) is 54.2 Å². The molecule has 122 valence electrons. The van der Waals surface area contributed by atoms with Crippen molar-refractivity contribution in [2.24, 2.45) is 5.41 Å². The summed E-state index contributed by atoms with van der Waals surface area (Å²) in [6.45, 7) is 0. The maximum absolute atomic E-state index is 13.1. The van der Waals surface area contributed by atoms with Gasteiger partial charge in [0.15, 0.2) is 5.78 Å². The first-order valence-electron chi connectivity index (χ1n) is 8.45. The molecule has 2 aliphatic rings. The fourth-order valence-corrected chi connectivity index (χ4v) is 4.07. The number of carbonyl (C=O) groups is 2. The molecule has 1 spiro atoms. The Labute approximate surface area is 141 Å². The zero-order valence-electron chi connectivity index (χ0n) is 13.8. The molecule has 3 heteroatoms. The van der Waals surface area contributed by atoms with E-state index in [1.807, 2.05) is 30.3 Å². The third-order valence-electron chi connectivity index (χ3n) is 5.53. The molecule has 2 aliphatic carbocycles. The van der Waals surface area contributed by atoms with E-state index in [-0.39, 0.29) is 11.2 Å². The molecule has 0 atom stereocenters. The zero-order valence-corrected chi connectivity index (χ0v) is 13.8. The van der Waals surface area contributed by atoms with Crippen LogP contribution in [-0.4, -0.2) is 18.7 Å². The summed E-state index contributed by atoms with van der Waals surface area (Å²) in [5.74, 6) is 1.33. The molecule has 24 heavy (non-hydrogen) atoms. The summed E-state index contributed by atoms with van der Waals surface area (Å²) in [5, 5.41) is 0. The topological polar surface area (TPSA) is 43.4 Å². The van der Waals surface area contributed by atoms with Crippen LogP contribution in [0.2, 0.25) is 0 Å². The number of ether oxygens (including phenoxy) is 1. The minimum absolute atomic E-state index is 0.231. The van der Waals surface area contributed by atoms with E-state index in [4.69, 9.17) is 4.74 Å². The Balaban J connectivity index is 1.70. The van der Waals surface area contributed by atoms with Crippen LogP contribution in [0.5, 0.6) is 5.75 Å². The minimum Gasteiger partial charge on any atom is -0.497 e. The molecule has 0 N–H and O–H groups in total. The van der Waals surface area contributed by atoms with Gasteiger partial charge in [0.2, 0.25) is 0 Å². The number of Topliss-reactive ketones (excluding diaryl/α,β-unsaturated/α-hetero) is 2. The highest BCUT2D eigenvalue weighted by Gasteiger charge is 2.47. The second-order valence-electron chi connectivity index (χ2n) is 6.93. The molecule has 4 rings (SSSR count). The summed E-state index contributed by atoms with van der Waals surface area (Å²) >= 11 is 0. The van der Waals surface area contributed by atoms with Crippen LogP contribution < -0.4 is 4.74 Å². The molecule has 1 saturated carbocycles. The predicted molar refractivity (Wildman–Crippen MR) is 92.4 cm³/mol. The molecule has 0 amide bonds. The number of hydrogen-bond donors (Lipinski definition) is 0. The molecule has 2 aromatic carbocycles. The molecule has 0 bridgehead atoms. The van der Waals surface area contributed by atoms with Crippen LogP contribution in [0, 0.1) is 5.41 Å². The molecule has 0 heterocycles. The average Bonchev–Trinajstić information content (AvgIpc) is 2.89. The van der Waals surface area contributed by atoms with Crippen molar-refractivity contribution < 1.29 is 14.3 Å². The Kier molecular flexibility index (Phi) is 3.52. The van der Waals surface area contributed by atoms with Crippen molar-refractivity contribution in [2.75, 3.05) is 7.11 Å². The van der Waals surface area contributed by atoms with Gasteiger partial charge in [-0.3, -0.25) is 9.59 Å². The molecular formula is C21H20O3. The highest BCUT2D eigenvalue weighted by Crippen LogP contribution is 2.47. The second kappa shape index (κ2) is 5.59. The Hall–Kier alpha value is -2.42. The molecule has 2 aromatic rings. The van der Waals surface area contributed by atoms with Crippen LogP contribution in [0.15, 0.2) is 42.5 Å². The summed E-state index contributed by atoms with van der Waals surface area (Å²) in [6.07, 6.45) is 3.28. The van der Waals surface area contributed by atoms with Crippen molar-refractivity contribution in [1.82, 2.24) is 0 Å². The van der Waals surface area contributed by atoms with Gasteiger partial charge in [0.25, 0.3) is 0 Å². The molecule has 0 aromatic heterocycles. The van der Waals surface area contributed by atoms with Crippen LogP contribution in [0.25, 0.3) is 11.1 Å². The quantitative estimate of drug-likeness (QED) is 0.831. The molecule has 3 nitrogen and oxygen atoms in total. The summed E-state index contributed by atoms with van der Waals surface area (Å²) in [4.78, 5) is 24.6. The van der Waals surface area contributed by atoms with E-state index in [0.29, 0.717) is 31.5 Å². The number of hydrogen-bond acceptors (Lipinski definition) is 3. The van der Waals surface area contributed by atoms with E-state index in [9.17, 15) is 9.59 Å². The Morgan fingerprint density at radius 1 is 0.958 bits per heavy atom. The molecule has 0 unspecified atom stereocenters. The van der Waals surface area contributed by atoms with Crippen molar-refractivity contribution in [3.8, 4) is 16.9 Å². The van der Waals surface area contributed by atoms with Crippen molar-refractivity contribution in [3.63, 3.8) is 0 Å². The summed E-state index contributed by atoms with van der Waals surface area (Å²) in [7, 11) is 1.65. The molecular weight excluding hydrogens is 300 g/mol. The fourth-order valence-electron chi connectivity index (χ4n) is 4.07. The van der Waals surface area contributed by atoms with Gasteiger partial charge >= 0.3 is 0 Å². The van der Waals surface area contributed by atoms with Crippen molar-refractivity contribution in [3.05, 3.63) is 53.6 Å². The molecule has 0 radical (unpaired) electrons. The second-order valence-corrected chi connectivity index (χ2v) is 6.93. The van der Waals surface area contributed by atoms with Gasteiger partial charge in [-0.1, -0.05) is 24.3 Å². The van der Waals surface area contributed by atoms with Gasteiger partial charge in [0.1, 0.15) is 11.5 Å². The molecule has 1 fully saturated rings. The first-order valence-corrected chi connectivity index (χ1v) is 8.45. The SMILES string of the molecule is COc1cccc(-c2ccc3c(c2)C(=O)C2(CCC(=O)CC2)C3)c1. The number of benzene rings is 2. The minimum atomic E-state index is -0.330. The standard InChI is InChI=1S/C21H20O3/c1-24-18-4-2-3-14(11-18)15-5-6-16-13-21(20(23)19(16)12-15)9-7-17(22)8-10-21/h2-6,11-12H,7-10,13H2,1H3. The van der Waals surface area contributed by atoms with Crippen molar-refractivity contribution >= 4 is 11.6 Å². The number of fused-ring (bicyclic) bond motifs is 1. The highest BCUT2D eigenvalue weighted by atomic mass is 16.5. The Morgan fingerprint density at radius 3 is 2.46 bits per heavy atom. The fraction of sp³-hybridized carbons (Fsp3) is 0.333. The van der Waals surface area contributed by atoms with Crippen LogP contribution in [-0.2, 0) is 11.2 Å². The lowest BCUT2D eigenvalue weighted by atomic mass is 9.71. The van der Waals surface area contributed by atoms with Crippen LogP contribution in [0.1, 0.15) is 41.6 Å². The highest BCUT2D eigenvalue weighted by molar-refractivity contribution is 6.06. The summed E-state index contributed by atoms with van der Waals surface area (Å²) in [5.41, 5.74) is 3.71. The third-order valence-corrected chi connectivity index (χ3v) is 5.53. The first kappa shape index (κ1) is 15.1. The van der Waals surface area contributed by atoms with E-state index in [2.05, 4.69) is 12.1 Å². The lowest BCUT2D eigenvalue weighted by molar-refractivity contribution is -0.121. The van der Waals surface area contributed by atoms with Crippen molar-refractivity contribution in [2.45, 2.75) is 32.1 Å². The van der Waals surface area contributed by atoms with Gasteiger partial charge in [-0.2, -0.15) is 0 Å². The lowest BCUT2D eigenvalue weighted by Crippen LogP contribution is -2.33. The monoisotopic (exact) mass is 320 g/mol. The molecule has 0 saturated heterocycles. The first-order chi connectivity index (χ1) is 11.6. The predicted octanol–water partition coefficient (Wildman–Crippen LogP) is 4.23. The summed E-state index contributed by atoms with van der Waals surface area (Å²) < 4.78 is 5.29. The third kappa shape index (κ3) is 2.35. The summed E-state index contributed by atoms with van der Waals surface area (Å²) in [6, 6.07) is 14.0. The number of ketones is 2. The van der Waals surface area contributed by atoms with Crippen molar-refractivity contribution in [1.29, 1.82) is 0 Å². The van der Waals surface area contributed by atoms with Gasteiger partial charge in [-0.25, -0.2) is 0 Å². The van der Waals surface area contributed by atoms with E-state index in [1.54, 1.807) is 7.11 Å². The average molecular weight is 320 g/mol. The normalized spacial score (nSPS) is 18.7. The van der Waals surface area contributed by atoms with E-state index < -0.39 is 0 Å². The van der Waals surface area contributed by atoms with E-state index in [1.165, 1.54) is 0 Å². The van der Waals surface area contributed by atoms with Gasteiger partial charge in [-0.15, -0.1) is 0 Å². The lowest BCUT2D eigenvalue weighted by Gasteiger charge is -2.30. The van der Waals surface area contributed by atoms with Crippen LogP contribution >= 0.6 is 0 Å². The molecule has 0 aliphatic heterocycles. The largest absolute Gasteiger partial charge is 0.497 e. The smallest absolute Gasteiger partial charge is 0.169 e. The maximum atomic E-state index is 13.1. The number of rotatable bonds is 2. The van der Waals surface area contributed by atoms with Crippen LogP contribution in [0.3, 0.4) is 0 Å².